The third-order valence-electron chi connectivity index (χ3n) is 5.54. The first-order chi connectivity index (χ1) is 15.4. The molecule has 1 heterocycles. The van der Waals surface area contributed by atoms with Crippen LogP contribution in [0.5, 0.6) is 0 Å². The summed E-state index contributed by atoms with van der Waals surface area (Å²) in [6.07, 6.45) is 3.24. The highest BCUT2D eigenvalue weighted by Gasteiger charge is 2.30. The Hall–Kier alpha value is -3.35. The third-order valence-corrected chi connectivity index (χ3v) is 5.54. The zero-order valence-electron chi connectivity index (χ0n) is 17.5. The second-order valence-corrected chi connectivity index (χ2v) is 7.89. The van der Waals surface area contributed by atoms with Crippen LogP contribution in [-0.2, 0) is 6.18 Å². The number of amides is 1. The molecule has 1 aromatic heterocycles. The molecule has 0 bridgehead atoms. The number of hydrogen-bond acceptors (Lipinski definition) is 3. The van der Waals surface area contributed by atoms with Gasteiger partial charge in [0.1, 0.15) is 5.82 Å². The molecule has 2 N–H and O–H groups in total. The van der Waals surface area contributed by atoms with E-state index < -0.39 is 11.7 Å². The molecule has 0 fully saturated rings. The average molecular weight is 439 g/mol. The van der Waals surface area contributed by atoms with Crippen molar-refractivity contribution in [1.82, 2.24) is 10.3 Å². The molecule has 0 aliphatic heterocycles. The van der Waals surface area contributed by atoms with E-state index >= 15 is 0 Å². The van der Waals surface area contributed by atoms with Gasteiger partial charge in [-0.25, -0.2) is 4.98 Å². The fourth-order valence-corrected chi connectivity index (χ4v) is 3.91. The van der Waals surface area contributed by atoms with Crippen molar-refractivity contribution in [1.29, 1.82) is 0 Å². The van der Waals surface area contributed by atoms with E-state index in [1.807, 2.05) is 12.1 Å². The summed E-state index contributed by atoms with van der Waals surface area (Å²) in [6, 6.07) is 13.7. The highest BCUT2D eigenvalue weighted by molar-refractivity contribution is 6.07. The number of halogens is 3. The molecule has 166 valence electrons. The number of anilines is 2. The maximum atomic E-state index is 13.0. The molecule has 0 spiro atoms. The molecule has 4 rings (SSSR count). The first-order valence-corrected chi connectivity index (χ1v) is 10.7. The molecule has 0 saturated carbocycles. The van der Waals surface area contributed by atoms with Gasteiger partial charge in [0.15, 0.2) is 0 Å². The van der Waals surface area contributed by atoms with Gasteiger partial charge in [0.2, 0.25) is 0 Å². The van der Waals surface area contributed by atoms with Gasteiger partial charge < -0.3 is 10.6 Å². The number of fused-ring (bicyclic) bond motifs is 1. The third kappa shape index (κ3) is 5.28. The molecular formula is C25H24F3N3O. The number of aromatic nitrogens is 1. The number of nitrogens with one attached hydrogen (secondary N) is 2. The molecular weight excluding hydrogens is 415 g/mol. The van der Waals surface area contributed by atoms with Crippen LogP contribution in [-0.4, -0.2) is 17.4 Å². The second kappa shape index (κ2) is 9.42. The van der Waals surface area contributed by atoms with Gasteiger partial charge >= 0.3 is 6.18 Å². The van der Waals surface area contributed by atoms with Gasteiger partial charge in [0, 0.05) is 17.6 Å². The molecule has 3 aromatic rings. The number of benzene rings is 2. The minimum absolute atomic E-state index is 0.230. The molecule has 1 amide bonds. The molecule has 0 saturated heterocycles. The van der Waals surface area contributed by atoms with E-state index in [-0.39, 0.29) is 11.6 Å². The van der Waals surface area contributed by atoms with E-state index in [4.69, 9.17) is 0 Å². The number of alkyl halides is 3. The van der Waals surface area contributed by atoms with Crippen molar-refractivity contribution in [2.24, 2.45) is 0 Å². The largest absolute Gasteiger partial charge is 0.416 e. The number of para-hydroxylation sites is 1. The SMILES string of the molecule is O=C(NCCC1=CCCCC1)c1cc(Nc2cccc(C(F)(F)F)c2)nc2ccccc12. The van der Waals surface area contributed by atoms with E-state index in [1.54, 1.807) is 18.2 Å². The molecule has 7 heteroatoms. The second-order valence-electron chi connectivity index (χ2n) is 7.89. The fraction of sp³-hybridized carbons (Fsp3) is 0.280. The van der Waals surface area contributed by atoms with Crippen molar-refractivity contribution in [3.05, 3.63) is 77.4 Å². The summed E-state index contributed by atoms with van der Waals surface area (Å²) in [5.74, 6) is 0.0789. The van der Waals surface area contributed by atoms with E-state index in [2.05, 4.69) is 21.7 Å². The highest BCUT2D eigenvalue weighted by atomic mass is 19.4. The predicted octanol–water partition coefficient (Wildman–Crippen LogP) is 6.62. The normalized spacial score (nSPS) is 14.2. The highest BCUT2D eigenvalue weighted by Crippen LogP contribution is 2.32. The zero-order chi connectivity index (χ0) is 22.6. The van der Waals surface area contributed by atoms with Crippen LogP contribution >= 0.6 is 0 Å². The summed E-state index contributed by atoms with van der Waals surface area (Å²) in [4.78, 5) is 17.4. The topological polar surface area (TPSA) is 54.0 Å². The minimum Gasteiger partial charge on any atom is -0.352 e. The van der Waals surface area contributed by atoms with Crippen molar-refractivity contribution >= 4 is 28.3 Å². The summed E-state index contributed by atoms with van der Waals surface area (Å²) < 4.78 is 39.1. The number of hydrogen-bond donors (Lipinski definition) is 2. The molecule has 4 nitrogen and oxygen atoms in total. The first kappa shape index (κ1) is 21.9. The average Bonchev–Trinajstić information content (AvgIpc) is 2.79. The van der Waals surface area contributed by atoms with Crippen molar-refractivity contribution in [3.63, 3.8) is 0 Å². The van der Waals surface area contributed by atoms with E-state index in [0.29, 0.717) is 28.8 Å². The lowest BCUT2D eigenvalue weighted by Gasteiger charge is -2.14. The molecule has 1 aliphatic carbocycles. The number of rotatable bonds is 6. The van der Waals surface area contributed by atoms with Crippen LogP contribution in [0.3, 0.4) is 0 Å². The standard InChI is InChI=1S/C25H24F3N3O/c26-25(27,28)18-9-6-10-19(15-18)30-23-16-21(20-11-4-5-12-22(20)31-23)24(32)29-14-13-17-7-2-1-3-8-17/h4-7,9-12,15-16H,1-3,8,13-14H2,(H,29,32)(H,30,31). The Bertz CT molecular complexity index is 1150. The Morgan fingerprint density at radius 2 is 1.88 bits per heavy atom. The van der Waals surface area contributed by atoms with Crippen LogP contribution in [0.4, 0.5) is 24.7 Å². The monoisotopic (exact) mass is 439 g/mol. The summed E-state index contributed by atoms with van der Waals surface area (Å²) in [5.41, 5.74) is 1.90. The minimum atomic E-state index is -4.44. The van der Waals surface area contributed by atoms with Gasteiger partial charge in [0.25, 0.3) is 5.91 Å². The number of carbonyl (C=O) groups is 1. The molecule has 0 atom stereocenters. The van der Waals surface area contributed by atoms with Gasteiger partial charge in [-0.2, -0.15) is 13.2 Å². The Morgan fingerprint density at radius 3 is 2.66 bits per heavy atom. The molecule has 0 radical (unpaired) electrons. The lowest BCUT2D eigenvalue weighted by atomic mass is 9.97. The Balaban J connectivity index is 1.56. The van der Waals surface area contributed by atoms with E-state index in [1.165, 1.54) is 30.5 Å². The lowest BCUT2D eigenvalue weighted by molar-refractivity contribution is -0.137. The number of pyridine rings is 1. The van der Waals surface area contributed by atoms with Gasteiger partial charge in [-0.05, 0) is 62.4 Å². The van der Waals surface area contributed by atoms with Crippen LogP contribution in [0.25, 0.3) is 10.9 Å². The van der Waals surface area contributed by atoms with Gasteiger partial charge in [-0.1, -0.05) is 35.9 Å². The zero-order valence-corrected chi connectivity index (χ0v) is 17.5. The van der Waals surface area contributed by atoms with Crippen LogP contribution in [0.2, 0.25) is 0 Å². The summed E-state index contributed by atoms with van der Waals surface area (Å²) >= 11 is 0. The van der Waals surface area contributed by atoms with Crippen LogP contribution in [0, 0.1) is 0 Å². The molecule has 2 aromatic carbocycles. The fourth-order valence-electron chi connectivity index (χ4n) is 3.91. The molecule has 32 heavy (non-hydrogen) atoms. The Morgan fingerprint density at radius 1 is 1.03 bits per heavy atom. The van der Waals surface area contributed by atoms with Crippen molar-refractivity contribution in [2.45, 2.75) is 38.3 Å². The summed E-state index contributed by atoms with van der Waals surface area (Å²) in [5, 5.41) is 6.58. The van der Waals surface area contributed by atoms with Crippen molar-refractivity contribution in [2.75, 3.05) is 11.9 Å². The molecule has 1 aliphatic rings. The summed E-state index contributed by atoms with van der Waals surface area (Å²) in [6.45, 7) is 0.539. The maximum absolute atomic E-state index is 13.0. The van der Waals surface area contributed by atoms with Gasteiger partial charge in [-0.15, -0.1) is 0 Å². The lowest BCUT2D eigenvalue weighted by Crippen LogP contribution is -2.25. The van der Waals surface area contributed by atoms with Crippen LogP contribution in [0.1, 0.15) is 48.0 Å². The van der Waals surface area contributed by atoms with Crippen molar-refractivity contribution in [3.8, 4) is 0 Å². The Kier molecular flexibility index (Phi) is 6.44. The number of carbonyl (C=O) groups excluding carboxylic acids is 1. The predicted molar refractivity (Wildman–Crippen MR) is 120 cm³/mol. The van der Waals surface area contributed by atoms with Crippen molar-refractivity contribution < 1.29 is 18.0 Å². The molecule has 0 unspecified atom stereocenters. The first-order valence-electron chi connectivity index (χ1n) is 10.7. The quantitative estimate of drug-likeness (QED) is 0.425. The Labute approximate surface area is 184 Å². The summed E-state index contributed by atoms with van der Waals surface area (Å²) in [7, 11) is 0. The number of nitrogens with zero attached hydrogens (tertiary/aromatic N) is 1. The number of allylic oxidation sites excluding steroid dienone is 1. The maximum Gasteiger partial charge on any atom is 0.416 e. The van der Waals surface area contributed by atoms with Gasteiger partial charge in [-0.3, -0.25) is 4.79 Å². The smallest absolute Gasteiger partial charge is 0.352 e. The van der Waals surface area contributed by atoms with E-state index in [0.717, 1.165) is 31.4 Å². The van der Waals surface area contributed by atoms with E-state index in [9.17, 15) is 18.0 Å². The van der Waals surface area contributed by atoms with Gasteiger partial charge in [0.05, 0.1) is 16.6 Å². The van der Waals surface area contributed by atoms with Crippen LogP contribution < -0.4 is 10.6 Å². The van der Waals surface area contributed by atoms with Crippen LogP contribution in [0.15, 0.2) is 66.2 Å².